The highest BCUT2D eigenvalue weighted by atomic mass is 16.5. The molecule has 0 N–H and O–H groups in total. The van der Waals surface area contributed by atoms with Gasteiger partial charge in [0.1, 0.15) is 17.2 Å². The molecular formula is C17H19NO4. The van der Waals surface area contributed by atoms with Gasteiger partial charge >= 0.3 is 5.97 Å². The molecule has 22 heavy (non-hydrogen) atoms. The third-order valence-corrected chi connectivity index (χ3v) is 3.38. The number of esters is 1. The van der Waals surface area contributed by atoms with Gasteiger partial charge in [0, 0.05) is 12.0 Å². The van der Waals surface area contributed by atoms with Crippen LogP contribution >= 0.6 is 0 Å². The molecule has 0 aromatic heterocycles. The maximum absolute atomic E-state index is 11.8. The Bertz CT molecular complexity index is 668. The minimum Gasteiger partial charge on any atom is -0.493 e. The van der Waals surface area contributed by atoms with Crippen molar-refractivity contribution in [3.05, 3.63) is 28.8 Å². The van der Waals surface area contributed by atoms with Gasteiger partial charge in [0.25, 0.3) is 0 Å². The van der Waals surface area contributed by atoms with E-state index in [0.29, 0.717) is 17.9 Å². The highest BCUT2D eigenvalue weighted by Crippen LogP contribution is 2.44. The molecule has 0 atom stereocenters. The third-order valence-electron chi connectivity index (χ3n) is 3.38. The van der Waals surface area contributed by atoms with Crippen LogP contribution in [0.25, 0.3) is 6.08 Å². The van der Waals surface area contributed by atoms with Crippen LogP contribution in [-0.2, 0) is 16.0 Å². The van der Waals surface area contributed by atoms with Crippen molar-refractivity contribution in [2.75, 3.05) is 13.7 Å². The zero-order chi connectivity index (χ0) is 16.3. The van der Waals surface area contributed by atoms with Crippen molar-refractivity contribution >= 4 is 12.0 Å². The first kappa shape index (κ1) is 15.9. The number of carbonyl (C=O) groups is 1. The average Bonchev–Trinajstić information content (AvgIpc) is 2.80. The number of rotatable bonds is 4. The highest BCUT2D eigenvalue weighted by Gasteiger charge is 2.34. The van der Waals surface area contributed by atoms with E-state index in [1.165, 1.54) is 0 Å². The summed E-state index contributed by atoms with van der Waals surface area (Å²) in [6.45, 7) is 5.90. The zero-order valence-corrected chi connectivity index (χ0v) is 13.2. The summed E-state index contributed by atoms with van der Waals surface area (Å²) < 4.78 is 16.1. The van der Waals surface area contributed by atoms with Crippen LogP contribution in [0.4, 0.5) is 0 Å². The second-order valence-corrected chi connectivity index (χ2v) is 5.59. The lowest BCUT2D eigenvalue weighted by Crippen LogP contribution is -2.24. The van der Waals surface area contributed by atoms with E-state index in [-0.39, 0.29) is 17.8 Å². The maximum atomic E-state index is 11.8. The zero-order valence-electron chi connectivity index (χ0n) is 13.2. The number of benzene rings is 1. The predicted octanol–water partition coefficient (Wildman–Crippen LogP) is 2.88. The van der Waals surface area contributed by atoms with E-state index < -0.39 is 5.97 Å². The molecule has 0 aliphatic carbocycles. The largest absolute Gasteiger partial charge is 0.493 e. The Morgan fingerprint density at radius 2 is 2.23 bits per heavy atom. The van der Waals surface area contributed by atoms with E-state index in [0.717, 1.165) is 11.1 Å². The maximum Gasteiger partial charge on any atom is 0.348 e. The van der Waals surface area contributed by atoms with Crippen LogP contribution in [0.15, 0.2) is 17.7 Å². The first-order chi connectivity index (χ1) is 10.4. The van der Waals surface area contributed by atoms with Crippen LogP contribution in [0.5, 0.6) is 11.5 Å². The molecule has 0 fully saturated rings. The first-order valence-corrected chi connectivity index (χ1v) is 7.09. The monoisotopic (exact) mass is 301 g/mol. The Balaban J connectivity index is 2.48. The van der Waals surface area contributed by atoms with E-state index in [1.807, 2.05) is 26.0 Å². The van der Waals surface area contributed by atoms with Crippen molar-refractivity contribution in [1.82, 2.24) is 0 Å². The molecule has 0 saturated carbocycles. The first-order valence-electron chi connectivity index (χ1n) is 7.09. The molecule has 0 unspecified atom stereocenters. The van der Waals surface area contributed by atoms with Gasteiger partial charge < -0.3 is 14.2 Å². The summed E-state index contributed by atoms with van der Waals surface area (Å²) >= 11 is 0. The van der Waals surface area contributed by atoms with Crippen molar-refractivity contribution < 1.29 is 19.0 Å². The molecule has 0 radical (unpaired) electrons. The second-order valence-electron chi connectivity index (χ2n) is 5.59. The molecule has 2 rings (SSSR count). The number of nitriles is 1. The Labute approximate surface area is 130 Å². The molecule has 0 amide bonds. The van der Waals surface area contributed by atoms with Gasteiger partial charge in [-0.15, -0.1) is 0 Å². The molecule has 0 bridgehead atoms. The summed E-state index contributed by atoms with van der Waals surface area (Å²) in [6.07, 6.45) is 2.22. The van der Waals surface area contributed by atoms with Crippen molar-refractivity contribution in [3.63, 3.8) is 0 Å². The van der Waals surface area contributed by atoms with Crippen molar-refractivity contribution in [1.29, 1.82) is 5.26 Å². The molecule has 116 valence electrons. The van der Waals surface area contributed by atoms with Gasteiger partial charge in [0.2, 0.25) is 0 Å². The Kier molecular flexibility index (Phi) is 4.41. The van der Waals surface area contributed by atoms with Gasteiger partial charge in [-0.1, -0.05) is 6.07 Å². The third kappa shape index (κ3) is 3.06. The van der Waals surface area contributed by atoms with Crippen LogP contribution in [0, 0.1) is 11.3 Å². The van der Waals surface area contributed by atoms with Crippen molar-refractivity contribution in [2.45, 2.75) is 32.8 Å². The minimum atomic E-state index is -0.618. The van der Waals surface area contributed by atoms with E-state index >= 15 is 0 Å². The van der Waals surface area contributed by atoms with Gasteiger partial charge in [-0.2, -0.15) is 5.26 Å². The summed E-state index contributed by atoms with van der Waals surface area (Å²) in [4.78, 5) is 11.8. The van der Waals surface area contributed by atoms with E-state index in [2.05, 4.69) is 0 Å². The molecular weight excluding hydrogens is 282 g/mol. The summed E-state index contributed by atoms with van der Waals surface area (Å²) in [5.74, 6) is 0.697. The SMILES string of the molecule is CCOC(=O)C(C#N)=Cc1ccc(OC)c2c1CC(C)(C)O2. The summed E-state index contributed by atoms with van der Waals surface area (Å²) in [7, 11) is 1.58. The summed E-state index contributed by atoms with van der Waals surface area (Å²) in [5.41, 5.74) is 1.32. The molecule has 0 spiro atoms. The smallest absolute Gasteiger partial charge is 0.348 e. The number of hydrogen-bond acceptors (Lipinski definition) is 5. The molecule has 1 aliphatic rings. The molecule has 1 aromatic carbocycles. The van der Waals surface area contributed by atoms with Crippen molar-refractivity contribution in [2.24, 2.45) is 0 Å². The fraction of sp³-hybridized carbons (Fsp3) is 0.412. The van der Waals surface area contributed by atoms with Crippen LogP contribution < -0.4 is 9.47 Å². The van der Waals surface area contributed by atoms with Gasteiger partial charge in [0.05, 0.1) is 13.7 Å². The summed E-state index contributed by atoms with van der Waals surface area (Å²) in [5, 5.41) is 9.16. The Morgan fingerprint density at radius 3 is 2.82 bits per heavy atom. The average molecular weight is 301 g/mol. The topological polar surface area (TPSA) is 68.6 Å². The second kappa shape index (κ2) is 6.10. The molecule has 1 aromatic rings. The molecule has 1 heterocycles. The number of hydrogen-bond donors (Lipinski definition) is 0. The van der Waals surface area contributed by atoms with E-state index in [1.54, 1.807) is 26.2 Å². The van der Waals surface area contributed by atoms with Crippen LogP contribution in [0.3, 0.4) is 0 Å². The Hall–Kier alpha value is -2.48. The number of methoxy groups -OCH3 is 1. The molecule has 5 nitrogen and oxygen atoms in total. The fourth-order valence-electron chi connectivity index (χ4n) is 2.45. The van der Waals surface area contributed by atoms with Crippen LogP contribution in [-0.4, -0.2) is 25.3 Å². The quantitative estimate of drug-likeness (QED) is 0.486. The number of nitrogens with zero attached hydrogens (tertiary/aromatic N) is 1. The lowest BCUT2D eigenvalue weighted by molar-refractivity contribution is -0.137. The van der Waals surface area contributed by atoms with E-state index in [9.17, 15) is 4.79 Å². The molecule has 0 saturated heterocycles. The number of fused-ring (bicyclic) bond motifs is 1. The van der Waals surface area contributed by atoms with Gasteiger partial charge in [0.15, 0.2) is 11.5 Å². The van der Waals surface area contributed by atoms with Crippen LogP contribution in [0.1, 0.15) is 31.9 Å². The van der Waals surface area contributed by atoms with Gasteiger partial charge in [-0.05, 0) is 38.5 Å². The van der Waals surface area contributed by atoms with Gasteiger partial charge in [-0.25, -0.2) is 4.79 Å². The number of ether oxygens (including phenoxy) is 3. The lowest BCUT2D eigenvalue weighted by Gasteiger charge is -2.17. The minimum absolute atomic E-state index is 0.0288. The normalized spacial score (nSPS) is 15.5. The predicted molar refractivity (Wildman–Crippen MR) is 81.6 cm³/mol. The fourth-order valence-corrected chi connectivity index (χ4v) is 2.45. The molecule has 5 heteroatoms. The standard InChI is InChI=1S/C17H19NO4/c1-5-21-16(19)12(10-18)8-11-6-7-14(20-4)15-13(11)9-17(2,3)22-15/h6-8H,5,9H2,1-4H3. The van der Waals surface area contributed by atoms with Crippen LogP contribution in [0.2, 0.25) is 0 Å². The summed E-state index contributed by atoms with van der Waals surface area (Å²) in [6, 6.07) is 5.48. The molecule has 1 aliphatic heterocycles. The van der Waals surface area contributed by atoms with Crippen molar-refractivity contribution in [3.8, 4) is 17.6 Å². The van der Waals surface area contributed by atoms with Gasteiger partial charge in [-0.3, -0.25) is 0 Å². The van der Waals surface area contributed by atoms with E-state index in [4.69, 9.17) is 19.5 Å². The lowest BCUT2D eigenvalue weighted by atomic mass is 9.96. The Morgan fingerprint density at radius 1 is 1.50 bits per heavy atom. The number of carbonyl (C=O) groups excluding carboxylic acids is 1. The highest BCUT2D eigenvalue weighted by molar-refractivity contribution is 5.98.